The zero-order valence-electron chi connectivity index (χ0n) is 26.8. The van der Waals surface area contributed by atoms with E-state index in [1.165, 1.54) is 12.1 Å². The maximum atomic E-state index is 13.0. The van der Waals surface area contributed by atoms with Crippen molar-refractivity contribution in [2.24, 2.45) is 10.9 Å². The lowest BCUT2D eigenvalue weighted by molar-refractivity contribution is -0.150. The van der Waals surface area contributed by atoms with E-state index in [1.54, 1.807) is 73.9 Å². The fourth-order valence-electron chi connectivity index (χ4n) is 4.42. The Labute approximate surface area is 283 Å². The van der Waals surface area contributed by atoms with Crippen molar-refractivity contribution in [1.29, 1.82) is 10.5 Å². The van der Waals surface area contributed by atoms with Crippen molar-refractivity contribution in [3.8, 4) is 29.5 Å². The van der Waals surface area contributed by atoms with Crippen LogP contribution in [0.4, 0.5) is 8.78 Å². The monoisotopic (exact) mass is 673 g/mol. The number of alkyl halides is 2. The number of rotatable bonds is 11. The molecule has 0 saturated heterocycles. The Morgan fingerprint density at radius 1 is 0.938 bits per heavy atom. The Balaban J connectivity index is 0.000000348. The molecule has 9 nitrogen and oxygen atoms in total. The van der Waals surface area contributed by atoms with Crippen LogP contribution in [0.15, 0.2) is 102 Å². The van der Waals surface area contributed by atoms with Gasteiger partial charge in [0.15, 0.2) is 0 Å². The number of benzene rings is 3. The number of nitrogens with zero attached hydrogens (tertiary/aromatic N) is 5. The lowest BCUT2D eigenvalue weighted by Gasteiger charge is -2.22. The standard InChI is InChI=1S/C26H23F2NO4.C10H11ClN4/c1-17(2)24(18-11-13-21(14-12-18)32-26(27)28)25(30)33-23(16-29)19-7-6-10-22(15-19)31-20-8-4-3-5-9-20;1-8(14-7-12)15(2)6-9-3-4-10(11)13-5-9/h3-15,17,23-24,26H,1-2H3;3-5H,6H2,1-2H3/t23?,24-;/m0./s1. The minimum atomic E-state index is -2.93. The highest BCUT2D eigenvalue weighted by Crippen LogP contribution is 2.31. The molecule has 0 saturated carbocycles. The van der Waals surface area contributed by atoms with Gasteiger partial charge in [0.25, 0.3) is 0 Å². The van der Waals surface area contributed by atoms with Crippen molar-refractivity contribution in [2.75, 3.05) is 7.05 Å². The maximum Gasteiger partial charge on any atom is 0.387 e. The number of amidine groups is 1. The first-order chi connectivity index (χ1) is 23.0. The van der Waals surface area contributed by atoms with Crippen molar-refractivity contribution in [2.45, 2.75) is 45.9 Å². The first kappa shape index (κ1) is 36.9. The third-order valence-corrected chi connectivity index (χ3v) is 7.07. The molecule has 12 heteroatoms. The summed E-state index contributed by atoms with van der Waals surface area (Å²) in [6.07, 6.45) is 2.32. The summed E-state index contributed by atoms with van der Waals surface area (Å²) in [7, 11) is 1.87. The van der Waals surface area contributed by atoms with Crippen LogP contribution in [0.25, 0.3) is 0 Å². The van der Waals surface area contributed by atoms with Gasteiger partial charge in [-0.25, -0.2) is 4.98 Å². The molecule has 2 atom stereocenters. The van der Waals surface area contributed by atoms with Crippen LogP contribution in [-0.4, -0.2) is 35.3 Å². The van der Waals surface area contributed by atoms with Crippen LogP contribution >= 0.6 is 11.6 Å². The fourth-order valence-corrected chi connectivity index (χ4v) is 4.53. The molecule has 4 aromatic rings. The molecule has 248 valence electrons. The van der Waals surface area contributed by atoms with Gasteiger partial charge in [0, 0.05) is 25.4 Å². The number of ether oxygens (including phenoxy) is 3. The Morgan fingerprint density at radius 2 is 1.62 bits per heavy atom. The molecule has 0 bridgehead atoms. The van der Waals surface area contributed by atoms with Crippen molar-refractivity contribution in [1.82, 2.24) is 9.88 Å². The molecule has 0 aliphatic carbocycles. The number of nitriles is 2. The number of aromatic nitrogens is 1. The summed E-state index contributed by atoms with van der Waals surface area (Å²) in [5.74, 6) is 0.372. The second-order valence-corrected chi connectivity index (χ2v) is 11.1. The first-order valence-electron chi connectivity index (χ1n) is 14.7. The summed E-state index contributed by atoms with van der Waals surface area (Å²) in [6.45, 7) is 3.18. The molecule has 3 aromatic carbocycles. The molecule has 48 heavy (non-hydrogen) atoms. The van der Waals surface area contributed by atoms with Gasteiger partial charge in [-0.05, 0) is 66.4 Å². The summed E-state index contributed by atoms with van der Waals surface area (Å²) in [4.78, 5) is 22.5. The SMILES string of the molecule is CC(=NC#N)N(C)Cc1ccc(Cl)nc1.CC(C)[C@H](C(=O)OC(C#N)c1cccc(Oc2ccccc2)c1)c1ccc(OC(F)F)cc1. The Bertz CT molecular complexity index is 1720. The zero-order valence-corrected chi connectivity index (χ0v) is 27.5. The van der Waals surface area contributed by atoms with Crippen molar-refractivity contribution in [3.05, 3.63) is 119 Å². The Kier molecular flexibility index (Phi) is 14.3. The van der Waals surface area contributed by atoms with Gasteiger partial charge in [-0.2, -0.15) is 24.3 Å². The van der Waals surface area contributed by atoms with Gasteiger partial charge >= 0.3 is 12.6 Å². The van der Waals surface area contributed by atoms with Crippen LogP contribution in [-0.2, 0) is 16.1 Å². The molecular weight excluding hydrogens is 640 g/mol. The number of hydrogen-bond donors (Lipinski definition) is 0. The molecule has 4 rings (SSSR count). The molecule has 1 heterocycles. The highest BCUT2D eigenvalue weighted by atomic mass is 35.5. The van der Waals surface area contributed by atoms with Gasteiger partial charge in [0.2, 0.25) is 12.3 Å². The van der Waals surface area contributed by atoms with Gasteiger partial charge < -0.3 is 19.1 Å². The average Bonchev–Trinajstić information content (AvgIpc) is 3.06. The van der Waals surface area contributed by atoms with Crippen LogP contribution in [0.5, 0.6) is 17.2 Å². The Hall–Kier alpha value is -5.52. The van der Waals surface area contributed by atoms with E-state index < -0.39 is 24.6 Å². The number of para-hydroxylation sites is 1. The number of carbonyl (C=O) groups is 1. The van der Waals surface area contributed by atoms with E-state index >= 15 is 0 Å². The molecule has 0 N–H and O–H groups in total. The summed E-state index contributed by atoms with van der Waals surface area (Å²) < 4.78 is 40.5. The predicted octanol–water partition coefficient (Wildman–Crippen LogP) is 8.69. The number of aliphatic imine (C=N–C) groups is 1. The van der Waals surface area contributed by atoms with Crippen molar-refractivity contribution >= 4 is 23.4 Å². The number of esters is 1. The molecule has 0 fully saturated rings. The number of pyridine rings is 1. The second kappa shape index (κ2) is 18.6. The fraction of sp³-hybridized carbons (Fsp3) is 0.250. The van der Waals surface area contributed by atoms with E-state index in [9.17, 15) is 18.8 Å². The highest BCUT2D eigenvalue weighted by Gasteiger charge is 2.29. The number of halogens is 3. The van der Waals surface area contributed by atoms with Crippen LogP contribution in [0.1, 0.15) is 49.5 Å². The molecule has 1 unspecified atom stereocenters. The molecule has 0 aliphatic heterocycles. The minimum Gasteiger partial charge on any atom is -0.457 e. The zero-order chi connectivity index (χ0) is 35.1. The van der Waals surface area contributed by atoms with Gasteiger partial charge in [0.1, 0.15) is 34.3 Å². The summed E-state index contributed by atoms with van der Waals surface area (Å²) in [5.41, 5.74) is 2.08. The van der Waals surface area contributed by atoms with Gasteiger partial charge in [-0.15, -0.1) is 0 Å². The van der Waals surface area contributed by atoms with Crippen molar-refractivity contribution < 1.29 is 27.8 Å². The molecule has 0 radical (unpaired) electrons. The van der Waals surface area contributed by atoms with Gasteiger partial charge in [-0.3, -0.25) is 4.79 Å². The number of carbonyl (C=O) groups excluding carboxylic acids is 1. The largest absolute Gasteiger partial charge is 0.457 e. The van der Waals surface area contributed by atoms with Crippen LogP contribution in [0.3, 0.4) is 0 Å². The van der Waals surface area contributed by atoms with Crippen LogP contribution in [0.2, 0.25) is 5.15 Å². The molecule has 0 amide bonds. The van der Waals surface area contributed by atoms with E-state index in [2.05, 4.69) is 14.7 Å². The third kappa shape index (κ3) is 11.7. The predicted molar refractivity (Wildman–Crippen MR) is 177 cm³/mol. The average molecular weight is 674 g/mol. The van der Waals surface area contributed by atoms with E-state index in [4.69, 9.17) is 26.3 Å². The topological polar surface area (TPSA) is 121 Å². The normalized spacial score (nSPS) is 12.1. The summed E-state index contributed by atoms with van der Waals surface area (Å²) >= 11 is 5.67. The Morgan fingerprint density at radius 3 is 2.21 bits per heavy atom. The van der Waals surface area contributed by atoms with E-state index in [1.807, 2.05) is 56.1 Å². The molecule has 0 aliphatic rings. The minimum absolute atomic E-state index is 0.00486. The second-order valence-electron chi connectivity index (χ2n) is 10.7. The van der Waals surface area contributed by atoms with E-state index in [0.29, 0.717) is 40.2 Å². The maximum absolute atomic E-state index is 13.0. The molecule has 0 spiro atoms. The van der Waals surface area contributed by atoms with Crippen LogP contribution < -0.4 is 9.47 Å². The van der Waals surface area contributed by atoms with Crippen molar-refractivity contribution in [3.63, 3.8) is 0 Å². The smallest absolute Gasteiger partial charge is 0.387 e. The molecular formula is C36H34ClF2N5O4. The number of hydrogen-bond acceptors (Lipinski definition) is 8. The summed E-state index contributed by atoms with van der Waals surface area (Å²) in [5, 5.41) is 18.5. The van der Waals surface area contributed by atoms with E-state index in [-0.39, 0.29) is 11.7 Å². The quantitative estimate of drug-likeness (QED) is 0.0510. The first-order valence-corrected chi connectivity index (χ1v) is 15.1. The summed E-state index contributed by atoms with van der Waals surface area (Å²) in [6, 6.07) is 27.4. The third-order valence-electron chi connectivity index (χ3n) is 6.85. The van der Waals surface area contributed by atoms with E-state index in [0.717, 1.165) is 5.56 Å². The molecule has 1 aromatic heterocycles. The lowest BCUT2D eigenvalue weighted by Crippen LogP contribution is -2.23. The highest BCUT2D eigenvalue weighted by molar-refractivity contribution is 6.29. The lowest BCUT2D eigenvalue weighted by atomic mass is 9.88. The van der Waals surface area contributed by atoms with Gasteiger partial charge in [0.05, 0.1) is 5.92 Å². The van der Waals surface area contributed by atoms with Crippen LogP contribution in [0, 0.1) is 28.7 Å². The van der Waals surface area contributed by atoms with Gasteiger partial charge in [-0.1, -0.05) is 74.0 Å².